The molecule has 0 aliphatic heterocycles. The number of phenolic OH excluding ortho intramolecular Hbond substituents is 3. The second-order valence-electron chi connectivity index (χ2n) is 4.70. The highest BCUT2D eigenvalue weighted by molar-refractivity contribution is 5.98. The Balaban J connectivity index is 2.30. The largest absolute Gasteiger partial charge is 0.504 e. The van der Waals surface area contributed by atoms with Crippen LogP contribution in [0.4, 0.5) is 0 Å². The van der Waals surface area contributed by atoms with Crippen LogP contribution in [0.1, 0.15) is 22.0 Å². The van der Waals surface area contributed by atoms with Gasteiger partial charge in [0.15, 0.2) is 23.3 Å². The van der Waals surface area contributed by atoms with E-state index in [9.17, 15) is 24.9 Å². The Morgan fingerprint density at radius 2 is 1.61 bits per heavy atom. The predicted molar refractivity (Wildman–Crippen MR) is 80.1 cm³/mol. The fourth-order valence-electron chi connectivity index (χ4n) is 1.99. The molecule has 120 valence electrons. The highest BCUT2D eigenvalue weighted by atomic mass is 16.5. The Bertz CT molecular complexity index is 706. The van der Waals surface area contributed by atoms with Gasteiger partial charge in [-0.15, -0.1) is 0 Å². The Morgan fingerprint density at radius 1 is 1.04 bits per heavy atom. The third-order valence-electron chi connectivity index (χ3n) is 3.18. The molecule has 2 rings (SSSR count). The molecule has 0 saturated carbocycles. The summed E-state index contributed by atoms with van der Waals surface area (Å²) in [6.45, 7) is 0. The molecule has 0 aliphatic carbocycles. The van der Waals surface area contributed by atoms with Crippen molar-refractivity contribution in [1.82, 2.24) is 5.32 Å². The van der Waals surface area contributed by atoms with Crippen molar-refractivity contribution in [1.29, 1.82) is 0 Å². The quantitative estimate of drug-likeness (QED) is 0.501. The zero-order chi connectivity index (χ0) is 17.0. The van der Waals surface area contributed by atoms with E-state index in [1.54, 1.807) is 30.3 Å². The van der Waals surface area contributed by atoms with Crippen LogP contribution in [0.3, 0.4) is 0 Å². The fraction of sp³-hybridized carbons (Fsp3) is 0.125. The topological polar surface area (TPSA) is 116 Å². The lowest BCUT2D eigenvalue weighted by atomic mass is 10.1. The van der Waals surface area contributed by atoms with Crippen LogP contribution in [0.15, 0.2) is 42.5 Å². The summed E-state index contributed by atoms with van der Waals surface area (Å²) in [6.07, 6.45) is 0. The van der Waals surface area contributed by atoms with Crippen molar-refractivity contribution >= 4 is 11.9 Å². The molecule has 0 spiro atoms. The normalized spacial score (nSPS) is 11.5. The van der Waals surface area contributed by atoms with Gasteiger partial charge in [0.25, 0.3) is 5.91 Å². The first kappa shape index (κ1) is 16.2. The molecule has 2 aromatic carbocycles. The molecule has 0 radical (unpaired) electrons. The standard InChI is InChI=1S/C16H15NO6/c1-23-16(22)13(9-5-3-2-4-6-9)17-15(21)10-7-11(18)14(20)12(19)8-10/h2-8,13,18-20H,1H3,(H,17,21)/t13-/m0/s1. The van der Waals surface area contributed by atoms with E-state index in [1.807, 2.05) is 0 Å². The fourth-order valence-corrected chi connectivity index (χ4v) is 1.99. The van der Waals surface area contributed by atoms with E-state index in [1.165, 1.54) is 7.11 Å². The minimum absolute atomic E-state index is 0.123. The summed E-state index contributed by atoms with van der Waals surface area (Å²) in [6, 6.07) is 9.36. The molecule has 0 aromatic heterocycles. The molecule has 1 atom stereocenters. The summed E-state index contributed by atoms with van der Waals surface area (Å²) in [4.78, 5) is 24.1. The number of phenols is 3. The van der Waals surface area contributed by atoms with E-state index in [4.69, 9.17) is 0 Å². The van der Waals surface area contributed by atoms with Gasteiger partial charge in [-0.3, -0.25) is 4.79 Å². The molecule has 2 aromatic rings. The van der Waals surface area contributed by atoms with Crippen LogP contribution in [0.2, 0.25) is 0 Å². The molecule has 0 fully saturated rings. The van der Waals surface area contributed by atoms with E-state index >= 15 is 0 Å². The molecule has 0 bridgehead atoms. The van der Waals surface area contributed by atoms with Crippen LogP contribution in [0.25, 0.3) is 0 Å². The number of ether oxygens (including phenoxy) is 1. The summed E-state index contributed by atoms with van der Waals surface area (Å²) < 4.78 is 4.68. The minimum atomic E-state index is -1.05. The van der Waals surface area contributed by atoms with Crippen molar-refractivity contribution in [2.24, 2.45) is 0 Å². The Morgan fingerprint density at radius 3 is 2.13 bits per heavy atom. The van der Waals surface area contributed by atoms with Gasteiger partial charge in [-0.1, -0.05) is 30.3 Å². The van der Waals surface area contributed by atoms with Gasteiger partial charge in [0.2, 0.25) is 0 Å². The average molecular weight is 317 g/mol. The lowest BCUT2D eigenvalue weighted by Gasteiger charge is -2.17. The second-order valence-corrected chi connectivity index (χ2v) is 4.70. The first-order valence-electron chi connectivity index (χ1n) is 6.62. The summed E-state index contributed by atoms with van der Waals surface area (Å²) in [5, 5.41) is 30.7. The number of amides is 1. The molecule has 7 heteroatoms. The van der Waals surface area contributed by atoms with Crippen LogP contribution >= 0.6 is 0 Å². The molecule has 7 nitrogen and oxygen atoms in total. The van der Waals surface area contributed by atoms with Crippen molar-refractivity contribution in [2.75, 3.05) is 7.11 Å². The van der Waals surface area contributed by atoms with Gasteiger partial charge in [0, 0.05) is 5.56 Å². The Labute approximate surface area is 131 Å². The number of carbonyl (C=O) groups is 2. The van der Waals surface area contributed by atoms with Crippen molar-refractivity contribution in [3.05, 3.63) is 53.6 Å². The molecule has 0 saturated heterocycles. The number of esters is 1. The summed E-state index contributed by atoms with van der Waals surface area (Å²) >= 11 is 0. The molecule has 0 heterocycles. The van der Waals surface area contributed by atoms with Crippen molar-refractivity contribution in [3.8, 4) is 17.2 Å². The van der Waals surface area contributed by atoms with E-state index in [2.05, 4.69) is 10.1 Å². The highest BCUT2D eigenvalue weighted by Gasteiger charge is 2.24. The van der Waals surface area contributed by atoms with Crippen molar-refractivity contribution in [3.63, 3.8) is 0 Å². The van der Waals surface area contributed by atoms with Crippen LogP contribution in [0, 0.1) is 0 Å². The third kappa shape index (κ3) is 3.52. The molecule has 1 amide bonds. The third-order valence-corrected chi connectivity index (χ3v) is 3.18. The number of rotatable bonds is 4. The maximum absolute atomic E-state index is 12.2. The van der Waals surface area contributed by atoms with E-state index in [0.29, 0.717) is 5.56 Å². The molecule has 0 unspecified atom stereocenters. The van der Waals surface area contributed by atoms with E-state index < -0.39 is 35.2 Å². The predicted octanol–water partition coefficient (Wildman–Crippen LogP) is 1.45. The van der Waals surface area contributed by atoms with Crippen LogP contribution in [0.5, 0.6) is 17.2 Å². The molecule has 0 aliphatic rings. The lowest BCUT2D eigenvalue weighted by molar-refractivity contribution is -0.143. The van der Waals surface area contributed by atoms with Crippen LogP contribution in [-0.4, -0.2) is 34.3 Å². The molecule has 4 N–H and O–H groups in total. The number of hydrogen-bond donors (Lipinski definition) is 4. The second kappa shape index (κ2) is 6.69. The van der Waals surface area contributed by atoms with Gasteiger partial charge in [-0.25, -0.2) is 4.79 Å². The number of carbonyl (C=O) groups excluding carboxylic acids is 2. The minimum Gasteiger partial charge on any atom is -0.504 e. The highest BCUT2D eigenvalue weighted by Crippen LogP contribution is 2.35. The Kier molecular flexibility index (Phi) is 4.70. The van der Waals surface area contributed by atoms with Gasteiger partial charge in [0.1, 0.15) is 0 Å². The van der Waals surface area contributed by atoms with E-state index in [0.717, 1.165) is 12.1 Å². The zero-order valence-electron chi connectivity index (χ0n) is 12.2. The number of hydrogen-bond acceptors (Lipinski definition) is 6. The summed E-state index contributed by atoms with van der Waals surface area (Å²) in [5.74, 6) is -3.42. The number of benzene rings is 2. The number of aromatic hydroxyl groups is 3. The first-order valence-corrected chi connectivity index (χ1v) is 6.62. The zero-order valence-corrected chi connectivity index (χ0v) is 12.2. The molecular weight excluding hydrogens is 302 g/mol. The molecular formula is C16H15NO6. The van der Waals surface area contributed by atoms with Gasteiger partial charge in [-0.2, -0.15) is 0 Å². The van der Waals surface area contributed by atoms with Crippen molar-refractivity contribution in [2.45, 2.75) is 6.04 Å². The average Bonchev–Trinajstić information content (AvgIpc) is 2.56. The SMILES string of the molecule is COC(=O)[C@@H](NC(=O)c1cc(O)c(O)c(O)c1)c1ccccc1. The smallest absolute Gasteiger partial charge is 0.333 e. The van der Waals surface area contributed by atoms with Gasteiger partial charge in [0.05, 0.1) is 7.11 Å². The van der Waals surface area contributed by atoms with Gasteiger partial charge in [-0.05, 0) is 17.7 Å². The van der Waals surface area contributed by atoms with E-state index in [-0.39, 0.29) is 5.56 Å². The van der Waals surface area contributed by atoms with Crippen LogP contribution < -0.4 is 5.32 Å². The number of methoxy groups -OCH3 is 1. The summed E-state index contributed by atoms with van der Waals surface area (Å²) in [7, 11) is 1.20. The molecule has 23 heavy (non-hydrogen) atoms. The maximum atomic E-state index is 12.2. The maximum Gasteiger partial charge on any atom is 0.333 e. The first-order chi connectivity index (χ1) is 10.9. The van der Waals surface area contributed by atoms with Crippen molar-refractivity contribution < 1.29 is 29.6 Å². The number of nitrogens with one attached hydrogen (secondary N) is 1. The van der Waals surface area contributed by atoms with Crippen LogP contribution in [-0.2, 0) is 9.53 Å². The Hall–Kier alpha value is -3.22. The van der Waals surface area contributed by atoms with Gasteiger partial charge >= 0.3 is 5.97 Å². The van der Waals surface area contributed by atoms with Gasteiger partial charge < -0.3 is 25.4 Å². The summed E-state index contributed by atoms with van der Waals surface area (Å²) in [5.41, 5.74) is 0.391. The lowest BCUT2D eigenvalue weighted by Crippen LogP contribution is -2.34. The monoisotopic (exact) mass is 317 g/mol.